The van der Waals surface area contributed by atoms with Crippen molar-refractivity contribution in [2.45, 2.75) is 31.4 Å². The summed E-state index contributed by atoms with van der Waals surface area (Å²) in [4.78, 5) is 3.78. The van der Waals surface area contributed by atoms with Gasteiger partial charge >= 0.3 is 0 Å². The van der Waals surface area contributed by atoms with Gasteiger partial charge in [-0.25, -0.2) is 4.39 Å². The number of pyridine rings is 1. The third-order valence-corrected chi connectivity index (χ3v) is 2.69. The number of hydrogen-bond donors (Lipinski definition) is 1. The lowest BCUT2D eigenvalue weighted by molar-refractivity contribution is 0.0983. The number of ether oxygens (including phenoxy) is 1. The van der Waals surface area contributed by atoms with Crippen LogP contribution in [0.2, 0.25) is 0 Å². The van der Waals surface area contributed by atoms with E-state index in [0.717, 1.165) is 31.4 Å². The maximum Gasteiger partial charge on any atom is 0.141 e. The summed E-state index contributed by atoms with van der Waals surface area (Å²) in [5.74, 6) is -0.338. The first-order valence-corrected chi connectivity index (χ1v) is 5.23. The minimum absolute atomic E-state index is 0.184. The van der Waals surface area contributed by atoms with E-state index in [2.05, 4.69) is 4.98 Å². The van der Waals surface area contributed by atoms with Gasteiger partial charge in [0.2, 0.25) is 0 Å². The van der Waals surface area contributed by atoms with Crippen molar-refractivity contribution < 1.29 is 9.13 Å². The number of rotatable bonds is 3. The number of aromatic nitrogens is 1. The molecule has 1 aromatic rings. The molecule has 1 aliphatic heterocycles. The van der Waals surface area contributed by atoms with Crippen LogP contribution in [0, 0.1) is 5.82 Å². The van der Waals surface area contributed by atoms with Gasteiger partial charge in [-0.05, 0) is 30.9 Å². The van der Waals surface area contributed by atoms with Crippen molar-refractivity contribution in [3.05, 3.63) is 29.8 Å². The molecule has 0 bridgehead atoms. The van der Waals surface area contributed by atoms with E-state index in [1.165, 1.54) is 12.3 Å². The van der Waals surface area contributed by atoms with Crippen LogP contribution >= 0.6 is 0 Å². The highest BCUT2D eigenvalue weighted by Gasteiger charge is 2.19. The molecule has 2 rings (SSSR count). The fourth-order valence-corrected chi connectivity index (χ4v) is 1.88. The summed E-state index contributed by atoms with van der Waals surface area (Å²) in [6.07, 6.45) is 5.91. The van der Waals surface area contributed by atoms with Crippen molar-refractivity contribution in [1.29, 1.82) is 0 Å². The number of hydrogen-bond acceptors (Lipinski definition) is 3. The third-order valence-electron chi connectivity index (χ3n) is 2.69. The molecule has 2 heterocycles. The van der Waals surface area contributed by atoms with Gasteiger partial charge in [0.15, 0.2) is 0 Å². The first kappa shape index (κ1) is 10.5. The van der Waals surface area contributed by atoms with E-state index in [4.69, 9.17) is 10.5 Å². The molecule has 1 fully saturated rings. The fraction of sp³-hybridized carbons (Fsp3) is 0.545. The first-order chi connectivity index (χ1) is 7.25. The molecular formula is C11H15FN2O. The molecule has 0 saturated carbocycles. The van der Waals surface area contributed by atoms with Gasteiger partial charge in [-0.15, -0.1) is 0 Å². The highest BCUT2D eigenvalue weighted by Crippen LogP contribution is 2.23. The minimum Gasteiger partial charge on any atom is -0.378 e. The van der Waals surface area contributed by atoms with Crippen molar-refractivity contribution in [2.75, 3.05) is 6.61 Å². The van der Waals surface area contributed by atoms with Gasteiger partial charge in [-0.2, -0.15) is 0 Å². The van der Waals surface area contributed by atoms with E-state index in [-0.39, 0.29) is 18.0 Å². The molecule has 2 atom stereocenters. The maximum absolute atomic E-state index is 12.9. The zero-order valence-electron chi connectivity index (χ0n) is 8.53. The van der Waals surface area contributed by atoms with Crippen molar-refractivity contribution >= 4 is 0 Å². The van der Waals surface area contributed by atoms with Crippen LogP contribution < -0.4 is 5.73 Å². The average molecular weight is 210 g/mol. The monoisotopic (exact) mass is 210 g/mol. The Morgan fingerprint density at radius 1 is 1.60 bits per heavy atom. The molecule has 1 aromatic heterocycles. The van der Waals surface area contributed by atoms with Gasteiger partial charge in [-0.1, -0.05) is 0 Å². The molecule has 82 valence electrons. The van der Waals surface area contributed by atoms with Crippen molar-refractivity contribution in [3.63, 3.8) is 0 Å². The van der Waals surface area contributed by atoms with E-state index in [1.54, 1.807) is 6.20 Å². The molecule has 0 aliphatic carbocycles. The van der Waals surface area contributed by atoms with Gasteiger partial charge in [-0.3, -0.25) is 4.98 Å². The Labute approximate surface area is 88.5 Å². The number of halogens is 1. The predicted octanol–water partition coefficient (Wildman–Crippen LogP) is 1.79. The standard InChI is InChI=1S/C11H15FN2O/c12-9-4-8(6-14-7-9)11(13)5-10-2-1-3-15-10/h4,6-7,10-11H,1-3,5,13H2. The molecule has 0 amide bonds. The van der Waals surface area contributed by atoms with Crippen molar-refractivity contribution in [2.24, 2.45) is 5.73 Å². The first-order valence-electron chi connectivity index (χ1n) is 5.23. The van der Waals surface area contributed by atoms with Gasteiger partial charge in [0, 0.05) is 18.8 Å². The molecule has 1 aliphatic rings. The van der Waals surface area contributed by atoms with E-state index in [9.17, 15) is 4.39 Å². The Morgan fingerprint density at radius 3 is 3.13 bits per heavy atom. The van der Waals surface area contributed by atoms with Crippen LogP contribution in [0.25, 0.3) is 0 Å². The van der Waals surface area contributed by atoms with E-state index >= 15 is 0 Å². The summed E-state index contributed by atoms with van der Waals surface area (Å²) < 4.78 is 18.4. The summed E-state index contributed by atoms with van der Waals surface area (Å²) in [5.41, 5.74) is 6.70. The fourth-order valence-electron chi connectivity index (χ4n) is 1.88. The van der Waals surface area contributed by atoms with E-state index in [1.807, 2.05) is 0 Å². The van der Waals surface area contributed by atoms with Crippen LogP contribution in [0.1, 0.15) is 30.9 Å². The lowest BCUT2D eigenvalue weighted by atomic mass is 10.0. The minimum atomic E-state index is -0.338. The maximum atomic E-state index is 12.9. The predicted molar refractivity (Wildman–Crippen MR) is 54.7 cm³/mol. The van der Waals surface area contributed by atoms with Crippen LogP contribution in [0.15, 0.2) is 18.5 Å². The molecule has 15 heavy (non-hydrogen) atoms. The van der Waals surface area contributed by atoms with Crippen LogP contribution in [-0.4, -0.2) is 17.7 Å². The topological polar surface area (TPSA) is 48.1 Å². The molecule has 4 heteroatoms. The van der Waals surface area contributed by atoms with Gasteiger partial charge in [0.25, 0.3) is 0 Å². The number of nitrogens with zero attached hydrogens (tertiary/aromatic N) is 1. The average Bonchev–Trinajstić information content (AvgIpc) is 2.70. The second-order valence-electron chi connectivity index (χ2n) is 3.91. The lowest BCUT2D eigenvalue weighted by Gasteiger charge is -2.15. The second kappa shape index (κ2) is 4.68. The molecule has 3 nitrogen and oxygen atoms in total. The van der Waals surface area contributed by atoms with Crippen LogP contribution in [-0.2, 0) is 4.74 Å². The lowest BCUT2D eigenvalue weighted by Crippen LogP contribution is -2.18. The van der Waals surface area contributed by atoms with Gasteiger partial charge in [0.1, 0.15) is 5.82 Å². The molecule has 0 radical (unpaired) electrons. The zero-order valence-corrected chi connectivity index (χ0v) is 8.53. The molecule has 0 spiro atoms. The summed E-state index contributed by atoms with van der Waals surface area (Å²) in [7, 11) is 0. The molecule has 2 unspecified atom stereocenters. The Morgan fingerprint density at radius 2 is 2.47 bits per heavy atom. The smallest absolute Gasteiger partial charge is 0.141 e. The number of nitrogens with two attached hydrogens (primary N) is 1. The Kier molecular flexibility index (Phi) is 3.28. The summed E-state index contributed by atoms with van der Waals surface area (Å²) in [5, 5.41) is 0. The van der Waals surface area contributed by atoms with Crippen LogP contribution in [0.5, 0.6) is 0 Å². The van der Waals surface area contributed by atoms with E-state index in [0.29, 0.717) is 0 Å². The summed E-state index contributed by atoms with van der Waals surface area (Å²) in [6.45, 7) is 0.818. The van der Waals surface area contributed by atoms with E-state index < -0.39 is 0 Å². The Balaban J connectivity index is 1.97. The normalized spacial score (nSPS) is 22.9. The van der Waals surface area contributed by atoms with Crippen LogP contribution in [0.3, 0.4) is 0 Å². The Bertz CT molecular complexity index is 326. The molecule has 2 N–H and O–H groups in total. The van der Waals surface area contributed by atoms with Crippen molar-refractivity contribution in [1.82, 2.24) is 4.98 Å². The third kappa shape index (κ3) is 2.73. The summed E-state index contributed by atoms with van der Waals surface area (Å²) >= 11 is 0. The highest BCUT2D eigenvalue weighted by molar-refractivity contribution is 5.14. The quantitative estimate of drug-likeness (QED) is 0.827. The largest absolute Gasteiger partial charge is 0.378 e. The van der Waals surface area contributed by atoms with Gasteiger partial charge in [0.05, 0.1) is 12.3 Å². The molecule has 1 saturated heterocycles. The van der Waals surface area contributed by atoms with Gasteiger partial charge < -0.3 is 10.5 Å². The SMILES string of the molecule is NC(CC1CCCO1)c1cncc(F)c1. The molecular weight excluding hydrogens is 195 g/mol. The second-order valence-corrected chi connectivity index (χ2v) is 3.91. The molecule has 0 aromatic carbocycles. The summed E-state index contributed by atoms with van der Waals surface area (Å²) in [6, 6.07) is 1.25. The zero-order chi connectivity index (χ0) is 10.7. The van der Waals surface area contributed by atoms with Crippen LogP contribution in [0.4, 0.5) is 4.39 Å². The Hall–Kier alpha value is -1.00. The highest BCUT2D eigenvalue weighted by atomic mass is 19.1. The van der Waals surface area contributed by atoms with Crippen molar-refractivity contribution in [3.8, 4) is 0 Å².